The molecule has 21 heavy (non-hydrogen) atoms. The lowest BCUT2D eigenvalue weighted by Gasteiger charge is -2.17. The molecule has 0 amide bonds. The Morgan fingerprint density at radius 3 is 2.57 bits per heavy atom. The van der Waals surface area contributed by atoms with Crippen molar-refractivity contribution in [2.75, 3.05) is 5.73 Å². The van der Waals surface area contributed by atoms with E-state index in [9.17, 15) is 9.90 Å². The molecule has 3 N–H and O–H groups in total. The van der Waals surface area contributed by atoms with Crippen LogP contribution in [0.2, 0.25) is 0 Å². The summed E-state index contributed by atoms with van der Waals surface area (Å²) in [5, 5.41) is 9.27. The number of carboxylic acid groups (broad SMARTS) is 1. The molecule has 0 aliphatic heterocycles. The molecule has 0 atom stereocenters. The standard InChI is InChI=1S/C17H19NO3/c1-10(2)12-8-7-11(3)9-15(12)21-16-13(17(19)20)5-4-6-14(16)18/h4-10H,18H2,1-3H3,(H,19,20). The van der Waals surface area contributed by atoms with Crippen LogP contribution >= 0.6 is 0 Å². The monoisotopic (exact) mass is 285 g/mol. The summed E-state index contributed by atoms with van der Waals surface area (Å²) in [4.78, 5) is 11.3. The second-order valence-corrected chi connectivity index (χ2v) is 5.33. The van der Waals surface area contributed by atoms with Crippen LogP contribution in [-0.4, -0.2) is 11.1 Å². The summed E-state index contributed by atoms with van der Waals surface area (Å²) in [6.45, 7) is 6.08. The highest BCUT2D eigenvalue weighted by Gasteiger charge is 2.17. The zero-order valence-electron chi connectivity index (χ0n) is 12.4. The third kappa shape index (κ3) is 3.16. The molecule has 2 aromatic carbocycles. The molecule has 0 aliphatic carbocycles. The van der Waals surface area contributed by atoms with Crippen LogP contribution in [0, 0.1) is 6.92 Å². The summed E-state index contributed by atoms with van der Waals surface area (Å²) in [6, 6.07) is 10.6. The van der Waals surface area contributed by atoms with Gasteiger partial charge in [-0.2, -0.15) is 0 Å². The second-order valence-electron chi connectivity index (χ2n) is 5.33. The van der Waals surface area contributed by atoms with Crippen LogP contribution in [-0.2, 0) is 0 Å². The number of ether oxygens (including phenoxy) is 1. The van der Waals surface area contributed by atoms with E-state index in [-0.39, 0.29) is 17.2 Å². The normalized spacial score (nSPS) is 10.7. The van der Waals surface area contributed by atoms with Crippen molar-refractivity contribution in [2.45, 2.75) is 26.7 Å². The number of aromatic carboxylic acids is 1. The van der Waals surface area contributed by atoms with Gasteiger partial charge in [0.15, 0.2) is 5.75 Å². The van der Waals surface area contributed by atoms with E-state index in [0.717, 1.165) is 11.1 Å². The van der Waals surface area contributed by atoms with Crippen LogP contribution in [0.3, 0.4) is 0 Å². The fourth-order valence-electron chi connectivity index (χ4n) is 2.15. The van der Waals surface area contributed by atoms with E-state index in [0.29, 0.717) is 11.4 Å². The highest BCUT2D eigenvalue weighted by atomic mass is 16.5. The van der Waals surface area contributed by atoms with Gasteiger partial charge in [0.05, 0.1) is 5.69 Å². The van der Waals surface area contributed by atoms with Gasteiger partial charge in [-0.1, -0.05) is 32.0 Å². The van der Waals surface area contributed by atoms with E-state index in [1.807, 2.05) is 25.1 Å². The van der Waals surface area contributed by atoms with Crippen LogP contribution in [0.25, 0.3) is 0 Å². The Morgan fingerprint density at radius 2 is 1.95 bits per heavy atom. The number of carbonyl (C=O) groups is 1. The molecule has 0 aliphatic rings. The predicted octanol–water partition coefficient (Wildman–Crippen LogP) is 4.19. The Labute approximate surface area is 124 Å². The number of carboxylic acids is 1. The number of rotatable bonds is 4. The molecule has 0 aromatic heterocycles. The van der Waals surface area contributed by atoms with E-state index in [2.05, 4.69) is 13.8 Å². The summed E-state index contributed by atoms with van der Waals surface area (Å²) in [5.41, 5.74) is 8.31. The zero-order valence-corrected chi connectivity index (χ0v) is 12.4. The maximum absolute atomic E-state index is 11.3. The molecule has 110 valence electrons. The van der Waals surface area contributed by atoms with Gasteiger partial charge in [0.2, 0.25) is 0 Å². The van der Waals surface area contributed by atoms with Gasteiger partial charge in [0.1, 0.15) is 11.3 Å². The second kappa shape index (κ2) is 5.87. The van der Waals surface area contributed by atoms with E-state index in [4.69, 9.17) is 10.5 Å². The first-order valence-corrected chi connectivity index (χ1v) is 6.80. The number of nitrogens with two attached hydrogens (primary N) is 1. The van der Waals surface area contributed by atoms with Crippen molar-refractivity contribution in [3.05, 3.63) is 53.1 Å². The van der Waals surface area contributed by atoms with Gasteiger partial charge in [-0.3, -0.25) is 0 Å². The molecule has 0 spiro atoms. The summed E-state index contributed by atoms with van der Waals surface area (Å²) in [7, 11) is 0. The molecule has 0 bridgehead atoms. The van der Waals surface area contributed by atoms with Gasteiger partial charge in [-0.25, -0.2) is 4.79 Å². The average molecular weight is 285 g/mol. The van der Waals surface area contributed by atoms with Crippen LogP contribution in [0.4, 0.5) is 5.69 Å². The molecule has 0 radical (unpaired) electrons. The Hall–Kier alpha value is -2.49. The van der Waals surface area contributed by atoms with Crippen LogP contribution < -0.4 is 10.5 Å². The fourth-order valence-corrected chi connectivity index (χ4v) is 2.15. The maximum Gasteiger partial charge on any atom is 0.339 e. The first-order chi connectivity index (χ1) is 9.90. The Balaban J connectivity index is 2.53. The van der Waals surface area contributed by atoms with Crippen molar-refractivity contribution in [2.24, 2.45) is 0 Å². The van der Waals surface area contributed by atoms with E-state index < -0.39 is 5.97 Å². The van der Waals surface area contributed by atoms with E-state index in [1.54, 1.807) is 12.1 Å². The van der Waals surface area contributed by atoms with Crippen LogP contribution in [0.15, 0.2) is 36.4 Å². The van der Waals surface area contributed by atoms with Gasteiger partial charge < -0.3 is 15.6 Å². The molecular formula is C17H19NO3. The zero-order chi connectivity index (χ0) is 15.6. The predicted molar refractivity (Wildman–Crippen MR) is 83.2 cm³/mol. The molecule has 0 saturated heterocycles. The third-order valence-electron chi connectivity index (χ3n) is 3.28. The van der Waals surface area contributed by atoms with E-state index >= 15 is 0 Å². The van der Waals surface area contributed by atoms with Gasteiger partial charge >= 0.3 is 5.97 Å². The van der Waals surface area contributed by atoms with Crippen molar-refractivity contribution in [1.82, 2.24) is 0 Å². The van der Waals surface area contributed by atoms with Crippen molar-refractivity contribution in [3.63, 3.8) is 0 Å². The minimum atomic E-state index is -1.06. The largest absolute Gasteiger partial charge is 0.478 e. The number of aryl methyl sites for hydroxylation is 1. The molecule has 0 heterocycles. The van der Waals surface area contributed by atoms with Crippen LogP contribution in [0.5, 0.6) is 11.5 Å². The lowest BCUT2D eigenvalue weighted by Crippen LogP contribution is -2.04. The topological polar surface area (TPSA) is 72.5 Å². The van der Waals surface area contributed by atoms with Crippen molar-refractivity contribution >= 4 is 11.7 Å². The summed E-state index contributed by atoms with van der Waals surface area (Å²) in [6.07, 6.45) is 0. The lowest BCUT2D eigenvalue weighted by atomic mass is 10.0. The lowest BCUT2D eigenvalue weighted by molar-refractivity contribution is 0.0694. The molecule has 2 rings (SSSR count). The van der Waals surface area contributed by atoms with Gasteiger partial charge in [-0.15, -0.1) is 0 Å². The number of hydrogen-bond donors (Lipinski definition) is 2. The fraction of sp³-hybridized carbons (Fsp3) is 0.235. The number of para-hydroxylation sites is 1. The molecule has 0 saturated carbocycles. The molecule has 0 fully saturated rings. The molecular weight excluding hydrogens is 266 g/mol. The number of hydrogen-bond acceptors (Lipinski definition) is 3. The first-order valence-electron chi connectivity index (χ1n) is 6.80. The van der Waals surface area contributed by atoms with Crippen molar-refractivity contribution < 1.29 is 14.6 Å². The average Bonchev–Trinajstić information content (AvgIpc) is 2.40. The Bertz CT molecular complexity index is 678. The Morgan fingerprint density at radius 1 is 1.24 bits per heavy atom. The van der Waals surface area contributed by atoms with Crippen molar-refractivity contribution in [3.8, 4) is 11.5 Å². The SMILES string of the molecule is Cc1ccc(C(C)C)c(Oc2c(N)cccc2C(=O)O)c1. The molecule has 4 nitrogen and oxygen atoms in total. The number of anilines is 1. The highest BCUT2D eigenvalue weighted by Crippen LogP contribution is 2.36. The molecule has 2 aromatic rings. The summed E-state index contributed by atoms with van der Waals surface area (Å²) < 4.78 is 5.87. The smallest absolute Gasteiger partial charge is 0.339 e. The third-order valence-corrected chi connectivity index (χ3v) is 3.28. The quantitative estimate of drug-likeness (QED) is 0.826. The molecule has 4 heteroatoms. The molecule has 0 unspecified atom stereocenters. The minimum absolute atomic E-state index is 0.0613. The highest BCUT2D eigenvalue weighted by molar-refractivity contribution is 5.93. The number of benzene rings is 2. The maximum atomic E-state index is 11.3. The van der Waals surface area contributed by atoms with Gasteiger partial charge in [-0.05, 0) is 42.2 Å². The first kappa shape index (κ1) is 14.9. The summed E-state index contributed by atoms with van der Waals surface area (Å²) >= 11 is 0. The van der Waals surface area contributed by atoms with Crippen LogP contribution in [0.1, 0.15) is 41.3 Å². The minimum Gasteiger partial charge on any atom is -0.478 e. The number of nitrogen functional groups attached to an aromatic ring is 1. The van der Waals surface area contributed by atoms with E-state index in [1.165, 1.54) is 6.07 Å². The van der Waals surface area contributed by atoms with Gasteiger partial charge in [0, 0.05) is 0 Å². The Kier molecular flexibility index (Phi) is 4.17. The van der Waals surface area contributed by atoms with Gasteiger partial charge in [0.25, 0.3) is 0 Å². The summed E-state index contributed by atoms with van der Waals surface area (Å²) in [5.74, 6) is 0.0396. The van der Waals surface area contributed by atoms with Crippen molar-refractivity contribution in [1.29, 1.82) is 0 Å².